The Hall–Kier alpha value is -0.410. The van der Waals surface area contributed by atoms with Crippen molar-refractivity contribution in [1.29, 1.82) is 0 Å². The Balaban J connectivity index is 2.09. The average Bonchev–Trinajstić information content (AvgIpc) is 2.68. The zero-order chi connectivity index (χ0) is 10.8. The number of hydrogen-bond acceptors (Lipinski definition) is 3. The molecule has 2 saturated heterocycles. The summed E-state index contributed by atoms with van der Waals surface area (Å²) in [6.45, 7) is 4.06. The molecule has 5 atom stereocenters. The van der Waals surface area contributed by atoms with Gasteiger partial charge in [0.2, 0.25) is 0 Å². The second-order valence-electron chi connectivity index (χ2n) is 5.76. The first-order valence-corrected chi connectivity index (χ1v) is 5.87. The first-order valence-electron chi connectivity index (χ1n) is 5.87. The first kappa shape index (κ1) is 9.79. The molecule has 3 nitrogen and oxygen atoms in total. The summed E-state index contributed by atoms with van der Waals surface area (Å²) in [5, 5.41) is 10.8. The number of carbonyl (C=O) groups is 1. The van der Waals surface area contributed by atoms with E-state index in [1.54, 1.807) is 0 Å². The Bertz CT molecular complexity index is 315. The first-order chi connectivity index (χ1) is 6.97. The standard InChI is InChI=1S/C12H18O3/c1-7-9-3-4-10(15-9)11(2)5-8(13)6-12(7,11)14/h7,9-10,14H,3-6H2,1-2H3/t7-,9+,10-,11+,12-/m1/s1. The summed E-state index contributed by atoms with van der Waals surface area (Å²) in [5.74, 6) is 0.288. The number of rotatable bonds is 0. The molecule has 1 saturated carbocycles. The van der Waals surface area contributed by atoms with Crippen LogP contribution < -0.4 is 0 Å². The van der Waals surface area contributed by atoms with Gasteiger partial charge in [0.25, 0.3) is 0 Å². The monoisotopic (exact) mass is 210 g/mol. The van der Waals surface area contributed by atoms with Crippen LogP contribution in [0.4, 0.5) is 0 Å². The molecule has 1 N–H and O–H groups in total. The summed E-state index contributed by atoms with van der Waals surface area (Å²) >= 11 is 0. The molecule has 3 rings (SSSR count). The number of ether oxygens (including phenoxy) is 1. The van der Waals surface area contributed by atoms with E-state index >= 15 is 0 Å². The third-order valence-electron chi connectivity index (χ3n) is 5.09. The molecule has 2 aliphatic heterocycles. The molecule has 3 fully saturated rings. The lowest BCUT2D eigenvalue weighted by atomic mass is 9.65. The second kappa shape index (κ2) is 2.64. The van der Waals surface area contributed by atoms with E-state index < -0.39 is 5.60 Å². The van der Waals surface area contributed by atoms with Gasteiger partial charge in [0.05, 0.1) is 17.8 Å². The fraction of sp³-hybridized carbons (Fsp3) is 0.917. The Labute approximate surface area is 89.8 Å². The van der Waals surface area contributed by atoms with E-state index in [2.05, 4.69) is 0 Å². The van der Waals surface area contributed by atoms with Gasteiger partial charge < -0.3 is 9.84 Å². The van der Waals surface area contributed by atoms with Crippen molar-refractivity contribution in [3.63, 3.8) is 0 Å². The quantitative estimate of drug-likeness (QED) is 0.655. The second-order valence-corrected chi connectivity index (χ2v) is 5.76. The summed E-state index contributed by atoms with van der Waals surface area (Å²) in [6, 6.07) is 0. The molecule has 15 heavy (non-hydrogen) atoms. The zero-order valence-electron chi connectivity index (χ0n) is 9.32. The highest BCUT2D eigenvalue weighted by atomic mass is 16.5. The van der Waals surface area contributed by atoms with Crippen LogP contribution in [0.1, 0.15) is 39.5 Å². The van der Waals surface area contributed by atoms with Crippen molar-refractivity contribution in [3.05, 3.63) is 0 Å². The predicted molar refractivity (Wildman–Crippen MR) is 54.4 cm³/mol. The fourth-order valence-corrected chi connectivity index (χ4v) is 4.01. The molecular weight excluding hydrogens is 192 g/mol. The van der Waals surface area contributed by atoms with Gasteiger partial charge in [-0.25, -0.2) is 0 Å². The van der Waals surface area contributed by atoms with E-state index in [1.165, 1.54) is 0 Å². The van der Waals surface area contributed by atoms with Gasteiger partial charge >= 0.3 is 0 Å². The van der Waals surface area contributed by atoms with Crippen molar-refractivity contribution < 1.29 is 14.6 Å². The van der Waals surface area contributed by atoms with Gasteiger partial charge in [-0.1, -0.05) is 13.8 Å². The molecule has 0 aromatic carbocycles. The molecule has 2 bridgehead atoms. The Morgan fingerprint density at radius 3 is 2.87 bits per heavy atom. The molecule has 2 heterocycles. The van der Waals surface area contributed by atoms with Crippen LogP contribution in [0, 0.1) is 11.3 Å². The lowest BCUT2D eigenvalue weighted by Gasteiger charge is -2.51. The van der Waals surface area contributed by atoms with Crippen LogP contribution in [0.25, 0.3) is 0 Å². The SMILES string of the molecule is C[C@@H]1[C@@H]2CC[C@@H](O2)[C@]2(C)CC(=O)C[C@@]12O. The molecule has 0 unspecified atom stereocenters. The number of aliphatic hydroxyl groups is 1. The summed E-state index contributed by atoms with van der Waals surface area (Å²) < 4.78 is 5.93. The molecule has 0 spiro atoms. The lowest BCUT2D eigenvalue weighted by Crippen LogP contribution is -2.59. The van der Waals surface area contributed by atoms with Gasteiger partial charge in [0, 0.05) is 24.2 Å². The molecule has 0 radical (unpaired) electrons. The molecule has 0 aromatic heterocycles. The number of Topliss-reactive ketones (excluding diaryl/α,β-unsaturated/α-hetero) is 1. The van der Waals surface area contributed by atoms with E-state index in [0.29, 0.717) is 12.8 Å². The Kier molecular flexibility index (Phi) is 1.72. The van der Waals surface area contributed by atoms with Crippen molar-refractivity contribution in [2.75, 3.05) is 0 Å². The smallest absolute Gasteiger partial charge is 0.136 e. The van der Waals surface area contributed by atoms with E-state index in [4.69, 9.17) is 4.74 Å². The van der Waals surface area contributed by atoms with Crippen molar-refractivity contribution in [2.45, 2.75) is 57.3 Å². The minimum Gasteiger partial charge on any atom is -0.388 e. The maximum absolute atomic E-state index is 11.6. The summed E-state index contributed by atoms with van der Waals surface area (Å²) in [4.78, 5) is 11.6. The molecule has 1 aliphatic carbocycles. The highest BCUT2D eigenvalue weighted by molar-refractivity contribution is 5.84. The van der Waals surface area contributed by atoms with Crippen molar-refractivity contribution >= 4 is 5.78 Å². The number of hydrogen-bond donors (Lipinski definition) is 1. The topological polar surface area (TPSA) is 46.5 Å². The van der Waals surface area contributed by atoms with Crippen LogP contribution in [-0.4, -0.2) is 28.7 Å². The van der Waals surface area contributed by atoms with E-state index in [1.807, 2.05) is 13.8 Å². The Morgan fingerprint density at radius 2 is 2.13 bits per heavy atom. The zero-order valence-corrected chi connectivity index (χ0v) is 9.32. The number of carbonyl (C=O) groups excluding carboxylic acids is 1. The van der Waals surface area contributed by atoms with Gasteiger partial charge in [-0.2, -0.15) is 0 Å². The third kappa shape index (κ3) is 0.961. The van der Waals surface area contributed by atoms with Gasteiger partial charge in [-0.15, -0.1) is 0 Å². The maximum atomic E-state index is 11.6. The number of ketones is 1. The predicted octanol–water partition coefficient (Wildman–Crippen LogP) is 1.28. The van der Waals surface area contributed by atoms with Gasteiger partial charge in [0.15, 0.2) is 0 Å². The lowest BCUT2D eigenvalue weighted by molar-refractivity contribution is -0.223. The summed E-state index contributed by atoms with van der Waals surface area (Å²) in [6.07, 6.45) is 3.12. The largest absolute Gasteiger partial charge is 0.388 e. The van der Waals surface area contributed by atoms with Crippen LogP contribution in [0.15, 0.2) is 0 Å². The van der Waals surface area contributed by atoms with Crippen molar-refractivity contribution in [2.24, 2.45) is 11.3 Å². The van der Waals surface area contributed by atoms with Gasteiger partial charge in [-0.3, -0.25) is 4.79 Å². The van der Waals surface area contributed by atoms with Crippen LogP contribution >= 0.6 is 0 Å². The van der Waals surface area contributed by atoms with Crippen molar-refractivity contribution in [3.8, 4) is 0 Å². The van der Waals surface area contributed by atoms with Crippen LogP contribution in [-0.2, 0) is 9.53 Å². The molecule has 3 heteroatoms. The summed E-state index contributed by atoms with van der Waals surface area (Å²) in [5.41, 5.74) is -1.15. The van der Waals surface area contributed by atoms with Gasteiger partial charge in [-0.05, 0) is 12.8 Å². The Morgan fingerprint density at radius 1 is 1.40 bits per heavy atom. The molecule has 3 aliphatic rings. The van der Waals surface area contributed by atoms with E-state index in [0.717, 1.165) is 12.8 Å². The molecule has 84 valence electrons. The van der Waals surface area contributed by atoms with Crippen LogP contribution in [0.5, 0.6) is 0 Å². The van der Waals surface area contributed by atoms with Crippen LogP contribution in [0.3, 0.4) is 0 Å². The normalized spacial score (nSPS) is 58.3. The van der Waals surface area contributed by atoms with E-state index in [9.17, 15) is 9.90 Å². The highest BCUT2D eigenvalue weighted by Crippen LogP contribution is 2.59. The van der Waals surface area contributed by atoms with Crippen molar-refractivity contribution in [1.82, 2.24) is 0 Å². The molecular formula is C12H18O3. The average molecular weight is 210 g/mol. The molecule has 0 aromatic rings. The van der Waals surface area contributed by atoms with Gasteiger partial charge in [0.1, 0.15) is 5.78 Å². The third-order valence-corrected chi connectivity index (χ3v) is 5.09. The van der Waals surface area contributed by atoms with Crippen LogP contribution in [0.2, 0.25) is 0 Å². The summed E-state index contributed by atoms with van der Waals surface area (Å²) in [7, 11) is 0. The van der Waals surface area contributed by atoms with E-state index in [-0.39, 0.29) is 29.3 Å². The minimum absolute atomic E-state index is 0.0905. The highest BCUT2D eigenvalue weighted by Gasteiger charge is 2.67. The minimum atomic E-state index is -0.811. The fourth-order valence-electron chi connectivity index (χ4n) is 4.01. The molecule has 0 amide bonds. The maximum Gasteiger partial charge on any atom is 0.136 e. The number of fused-ring (bicyclic) bond motifs is 4.